The first kappa shape index (κ1) is 45.2. The summed E-state index contributed by atoms with van der Waals surface area (Å²) >= 11 is 4.02. The average Bonchev–Trinajstić information content (AvgIpc) is 3.58. The summed E-state index contributed by atoms with van der Waals surface area (Å²) in [6.45, 7) is 1.47. The number of carboxylic acid groups (broad SMARTS) is 2. The topological polar surface area (TPSA) is 326 Å². The Labute approximate surface area is 333 Å². The van der Waals surface area contributed by atoms with Crippen LogP contribution in [0.5, 0.6) is 0 Å². The zero-order chi connectivity index (χ0) is 42.1. The van der Waals surface area contributed by atoms with Gasteiger partial charge in [0.25, 0.3) is 0 Å². The van der Waals surface area contributed by atoms with Crippen molar-refractivity contribution in [3.05, 3.63) is 71.9 Å². The molecular formula is C37H50N10O9S. The van der Waals surface area contributed by atoms with Crippen molar-refractivity contribution >= 4 is 71.0 Å². The average molecular weight is 811 g/mol. The van der Waals surface area contributed by atoms with Gasteiger partial charge in [0.05, 0.1) is 6.04 Å². The largest absolute Gasteiger partial charge is 0.481 e. The normalized spacial score (nSPS) is 14.1. The van der Waals surface area contributed by atoms with Crippen LogP contribution in [0.4, 0.5) is 0 Å². The molecule has 0 saturated carbocycles. The Bertz CT molecular complexity index is 1900. The molecule has 5 amide bonds. The molecule has 14 N–H and O–H groups in total. The maximum Gasteiger partial charge on any atom is 0.327 e. The van der Waals surface area contributed by atoms with Crippen LogP contribution in [0, 0.1) is 0 Å². The standard InChI is InChI=1S/C37H50N10O9S/c1-20(43-33(52)26(12-7-15-41-37(39)40)44-32(51)24(38)13-14-30(48)49)31(50)45-28(17-22-18-42-25-11-6-5-10-23(22)25)35(54)46-27(16-21-8-3-2-4-9-21)34(53)47-29(19-57)36(55)56/h2-6,8-11,18,20,24,26-29,42,57H,7,12-17,19,38H2,1H3,(H,43,52)(H,44,51)(H,45,50)(H,46,54)(H,47,53)(H,48,49)(H,55,56)(H4,39,40,41)/t20-,24-,26-,27-,28-,29-/m0/s1. The fourth-order valence-electron chi connectivity index (χ4n) is 5.66. The number of nitrogens with zero attached hydrogens (tertiary/aromatic N) is 1. The number of hydrogen-bond donors (Lipinski definition) is 12. The summed E-state index contributed by atoms with van der Waals surface area (Å²) in [7, 11) is 0. The smallest absolute Gasteiger partial charge is 0.327 e. The van der Waals surface area contributed by atoms with Crippen LogP contribution in [0.15, 0.2) is 65.8 Å². The Balaban J connectivity index is 1.86. The zero-order valence-electron chi connectivity index (χ0n) is 31.3. The number of carboxylic acids is 2. The highest BCUT2D eigenvalue weighted by molar-refractivity contribution is 7.80. The number of aromatic nitrogens is 1. The van der Waals surface area contributed by atoms with E-state index in [2.05, 4.69) is 49.2 Å². The van der Waals surface area contributed by atoms with Crippen molar-refractivity contribution in [3.63, 3.8) is 0 Å². The molecule has 0 fully saturated rings. The number of thiol groups is 1. The Kier molecular flexibility index (Phi) is 17.8. The fraction of sp³-hybridized carbons (Fsp3) is 0.405. The van der Waals surface area contributed by atoms with Gasteiger partial charge in [0.2, 0.25) is 29.5 Å². The molecule has 0 spiro atoms. The number of carbonyl (C=O) groups excluding carboxylic acids is 5. The number of aliphatic carboxylic acids is 2. The number of fused-ring (bicyclic) bond motifs is 1. The van der Waals surface area contributed by atoms with E-state index in [0.29, 0.717) is 11.1 Å². The van der Waals surface area contributed by atoms with Gasteiger partial charge >= 0.3 is 11.9 Å². The van der Waals surface area contributed by atoms with Gasteiger partial charge in [-0.1, -0.05) is 48.5 Å². The van der Waals surface area contributed by atoms with Gasteiger partial charge in [-0.25, -0.2) is 4.79 Å². The summed E-state index contributed by atoms with van der Waals surface area (Å²) in [5.74, 6) is -6.80. The highest BCUT2D eigenvalue weighted by atomic mass is 32.1. The molecule has 19 nitrogen and oxygen atoms in total. The van der Waals surface area contributed by atoms with Gasteiger partial charge in [0.1, 0.15) is 30.2 Å². The van der Waals surface area contributed by atoms with Gasteiger partial charge in [-0.2, -0.15) is 12.6 Å². The van der Waals surface area contributed by atoms with Crippen molar-refractivity contribution in [1.82, 2.24) is 31.6 Å². The van der Waals surface area contributed by atoms with E-state index >= 15 is 0 Å². The number of carbonyl (C=O) groups is 7. The quantitative estimate of drug-likeness (QED) is 0.0229. The molecule has 308 valence electrons. The van der Waals surface area contributed by atoms with Crippen LogP contribution in [-0.2, 0) is 46.4 Å². The van der Waals surface area contributed by atoms with Crippen molar-refractivity contribution in [3.8, 4) is 0 Å². The number of guanidine groups is 1. The third kappa shape index (κ3) is 14.8. The number of nitrogens with two attached hydrogens (primary N) is 3. The SMILES string of the molecule is C[C@H](NC(=O)[C@H](CCCN=C(N)N)NC(=O)[C@@H](N)CCC(=O)O)C(=O)N[C@@H](Cc1c[nH]c2ccccc12)C(=O)N[C@@H](Cc1ccccc1)C(=O)N[C@@H](CS)C(=O)O. The molecule has 1 heterocycles. The van der Waals surface area contributed by atoms with Crippen molar-refractivity contribution in [1.29, 1.82) is 0 Å². The van der Waals surface area contributed by atoms with Crippen molar-refractivity contribution < 1.29 is 43.8 Å². The van der Waals surface area contributed by atoms with Crippen LogP contribution in [-0.4, -0.2) is 111 Å². The van der Waals surface area contributed by atoms with Crippen LogP contribution in [0.2, 0.25) is 0 Å². The molecular weight excluding hydrogens is 761 g/mol. The van der Waals surface area contributed by atoms with E-state index in [-0.39, 0.29) is 56.8 Å². The first-order valence-electron chi connectivity index (χ1n) is 18.1. The predicted molar refractivity (Wildman–Crippen MR) is 214 cm³/mol. The summed E-state index contributed by atoms with van der Waals surface area (Å²) in [6, 6.07) is 8.32. The maximum atomic E-state index is 14.1. The first-order valence-corrected chi connectivity index (χ1v) is 18.7. The molecule has 20 heteroatoms. The minimum absolute atomic E-state index is 0.0146. The number of benzene rings is 2. The number of H-pyrrole nitrogens is 1. The number of rotatable bonds is 23. The van der Waals surface area contributed by atoms with E-state index in [1.807, 2.05) is 18.2 Å². The number of nitrogens with one attached hydrogen (secondary N) is 6. The van der Waals surface area contributed by atoms with E-state index in [0.717, 1.165) is 10.9 Å². The Morgan fingerprint density at radius 1 is 0.737 bits per heavy atom. The van der Waals surface area contributed by atoms with Crippen LogP contribution in [0.3, 0.4) is 0 Å². The van der Waals surface area contributed by atoms with E-state index in [1.165, 1.54) is 6.92 Å². The van der Waals surface area contributed by atoms with Gasteiger partial charge in [-0.15, -0.1) is 0 Å². The summed E-state index contributed by atoms with van der Waals surface area (Å²) in [4.78, 5) is 97.2. The molecule has 2 aromatic carbocycles. The van der Waals surface area contributed by atoms with E-state index in [9.17, 15) is 38.7 Å². The number of aliphatic imine (C=N–C) groups is 1. The van der Waals surface area contributed by atoms with Crippen molar-refractivity contribution in [2.45, 2.75) is 81.7 Å². The van der Waals surface area contributed by atoms with Gasteiger partial charge in [0, 0.05) is 48.7 Å². The van der Waals surface area contributed by atoms with E-state index < -0.39 is 77.7 Å². The van der Waals surface area contributed by atoms with Crippen LogP contribution in [0.1, 0.15) is 43.7 Å². The molecule has 0 aliphatic rings. The lowest BCUT2D eigenvalue weighted by atomic mass is 10.0. The van der Waals surface area contributed by atoms with Gasteiger partial charge in [-0.3, -0.25) is 33.8 Å². The zero-order valence-corrected chi connectivity index (χ0v) is 32.2. The molecule has 0 radical (unpaired) electrons. The molecule has 0 aliphatic carbocycles. The molecule has 3 aromatic rings. The van der Waals surface area contributed by atoms with E-state index in [4.69, 9.17) is 22.3 Å². The Morgan fingerprint density at radius 3 is 1.95 bits per heavy atom. The predicted octanol–water partition coefficient (Wildman–Crippen LogP) is -1.34. The van der Waals surface area contributed by atoms with Gasteiger partial charge in [-0.05, 0) is 43.4 Å². The second kappa shape index (κ2) is 22.4. The maximum absolute atomic E-state index is 14.1. The highest BCUT2D eigenvalue weighted by Gasteiger charge is 2.32. The summed E-state index contributed by atoms with van der Waals surface area (Å²) in [5, 5.41) is 32.0. The Morgan fingerprint density at radius 2 is 1.32 bits per heavy atom. The van der Waals surface area contributed by atoms with E-state index in [1.54, 1.807) is 42.6 Å². The van der Waals surface area contributed by atoms with Gasteiger partial charge < -0.3 is 59.0 Å². The molecule has 0 saturated heterocycles. The first-order chi connectivity index (χ1) is 27.1. The lowest BCUT2D eigenvalue weighted by Crippen LogP contribution is -2.59. The number of hydrogen-bond acceptors (Lipinski definition) is 10. The fourth-order valence-corrected chi connectivity index (χ4v) is 5.90. The van der Waals surface area contributed by atoms with Crippen LogP contribution < -0.4 is 43.8 Å². The van der Waals surface area contributed by atoms with Crippen LogP contribution in [0.25, 0.3) is 10.9 Å². The molecule has 0 unspecified atom stereocenters. The second-order valence-electron chi connectivity index (χ2n) is 13.2. The van der Waals surface area contributed by atoms with Crippen molar-refractivity contribution in [2.24, 2.45) is 22.2 Å². The number of aromatic amines is 1. The lowest BCUT2D eigenvalue weighted by molar-refractivity contribution is -0.141. The lowest BCUT2D eigenvalue weighted by Gasteiger charge is -2.26. The summed E-state index contributed by atoms with van der Waals surface area (Å²) in [5.41, 5.74) is 18.7. The molecule has 0 bridgehead atoms. The molecule has 1 aromatic heterocycles. The van der Waals surface area contributed by atoms with Crippen molar-refractivity contribution in [2.75, 3.05) is 12.3 Å². The molecule has 3 rings (SSSR count). The third-order valence-electron chi connectivity index (χ3n) is 8.78. The molecule has 0 aliphatic heterocycles. The third-order valence-corrected chi connectivity index (χ3v) is 9.15. The minimum Gasteiger partial charge on any atom is -0.481 e. The monoisotopic (exact) mass is 810 g/mol. The molecule has 6 atom stereocenters. The Hall–Kier alpha value is -6.15. The molecule has 57 heavy (non-hydrogen) atoms. The number of amides is 5. The summed E-state index contributed by atoms with van der Waals surface area (Å²) < 4.78 is 0. The summed E-state index contributed by atoms with van der Waals surface area (Å²) in [6.07, 6.45) is 1.27. The highest BCUT2D eigenvalue weighted by Crippen LogP contribution is 2.19. The minimum atomic E-state index is -1.34. The van der Waals surface area contributed by atoms with Gasteiger partial charge in [0.15, 0.2) is 5.96 Å². The van der Waals surface area contributed by atoms with Crippen LogP contribution >= 0.6 is 12.6 Å². The second-order valence-corrected chi connectivity index (χ2v) is 13.6. The number of para-hydroxylation sites is 1.